The van der Waals surface area contributed by atoms with E-state index in [4.69, 9.17) is 0 Å². The molecule has 0 radical (unpaired) electrons. The van der Waals surface area contributed by atoms with Gasteiger partial charge in [-0.1, -0.05) is 153 Å². The van der Waals surface area contributed by atoms with E-state index in [1.807, 2.05) is 0 Å². The summed E-state index contributed by atoms with van der Waals surface area (Å²) < 4.78 is 0. The van der Waals surface area contributed by atoms with Crippen molar-refractivity contribution in [2.45, 2.75) is 25.7 Å². The lowest BCUT2D eigenvalue weighted by molar-refractivity contribution is 0.660. The van der Waals surface area contributed by atoms with Crippen LogP contribution in [0.2, 0.25) is 0 Å². The van der Waals surface area contributed by atoms with Crippen molar-refractivity contribution in [2.75, 3.05) is 11.9 Å². The normalized spacial score (nSPS) is 13.9. The Bertz CT molecular complexity index is 2660. The molecule has 0 unspecified atom stereocenters. The lowest BCUT2D eigenvalue weighted by Gasteiger charge is -2.31. The van der Waals surface area contributed by atoms with Crippen LogP contribution in [0.1, 0.15) is 36.1 Å². The second kappa shape index (κ2) is 10.8. The standard InChI is InChI=1S/C49H37N/c1-49(2)42-21-11-10-19-39(42)48-40(20-13-22-43(48)49)47-37-18-9-8-17-36(37)46(38-27-26-32(29-41(38)47)31-14-5-4-6-15-31)35-25-24-34-28-33-16-7-12-23-44(33)50(3)45(34)30-35/h4-27,29-30H,28H2,1-3H3. The van der Waals surface area contributed by atoms with Gasteiger partial charge in [0.05, 0.1) is 0 Å². The highest BCUT2D eigenvalue weighted by atomic mass is 15.1. The van der Waals surface area contributed by atoms with Gasteiger partial charge in [0.15, 0.2) is 0 Å². The molecular formula is C49H37N. The molecule has 1 aliphatic heterocycles. The summed E-state index contributed by atoms with van der Waals surface area (Å²) >= 11 is 0. The van der Waals surface area contributed by atoms with Crippen molar-refractivity contribution in [3.8, 4) is 44.5 Å². The summed E-state index contributed by atoms with van der Waals surface area (Å²) in [5.74, 6) is 0. The predicted molar refractivity (Wildman–Crippen MR) is 213 cm³/mol. The van der Waals surface area contributed by atoms with Gasteiger partial charge in [0.25, 0.3) is 0 Å². The van der Waals surface area contributed by atoms with Crippen molar-refractivity contribution in [2.24, 2.45) is 0 Å². The third kappa shape index (κ3) is 4.13. The molecule has 8 aromatic carbocycles. The Hall–Kier alpha value is -5.92. The van der Waals surface area contributed by atoms with Gasteiger partial charge in [0, 0.05) is 30.3 Å². The largest absolute Gasteiger partial charge is 0.344 e. The van der Waals surface area contributed by atoms with Crippen LogP contribution in [0, 0.1) is 0 Å². The molecule has 0 atom stereocenters. The highest BCUT2D eigenvalue weighted by Gasteiger charge is 2.37. The van der Waals surface area contributed by atoms with Crippen LogP contribution in [0.15, 0.2) is 158 Å². The number of anilines is 2. The van der Waals surface area contributed by atoms with Gasteiger partial charge in [-0.05, 0) is 107 Å². The Labute approximate surface area is 294 Å². The van der Waals surface area contributed by atoms with Crippen LogP contribution >= 0.6 is 0 Å². The van der Waals surface area contributed by atoms with Gasteiger partial charge in [-0.25, -0.2) is 0 Å². The zero-order chi connectivity index (χ0) is 33.6. The fourth-order valence-electron chi connectivity index (χ4n) is 9.06. The second-order valence-electron chi connectivity index (χ2n) is 14.5. The maximum Gasteiger partial charge on any atom is 0.0450 e. The Morgan fingerprint density at radius 2 is 1.06 bits per heavy atom. The molecule has 0 saturated heterocycles. The topological polar surface area (TPSA) is 3.24 Å². The predicted octanol–water partition coefficient (Wildman–Crippen LogP) is 13.0. The van der Waals surface area contributed by atoms with E-state index in [0.717, 1.165) is 6.42 Å². The quantitative estimate of drug-likeness (QED) is 0.174. The van der Waals surface area contributed by atoms with Gasteiger partial charge in [0.2, 0.25) is 0 Å². The molecule has 0 aromatic heterocycles. The third-order valence-electron chi connectivity index (χ3n) is 11.5. The number of para-hydroxylation sites is 1. The summed E-state index contributed by atoms with van der Waals surface area (Å²) in [5.41, 5.74) is 18.4. The zero-order valence-corrected chi connectivity index (χ0v) is 28.7. The number of rotatable bonds is 3. The van der Waals surface area contributed by atoms with Crippen molar-refractivity contribution in [3.63, 3.8) is 0 Å². The van der Waals surface area contributed by atoms with Gasteiger partial charge in [-0.2, -0.15) is 0 Å². The summed E-state index contributed by atoms with van der Waals surface area (Å²) in [4.78, 5) is 2.37. The van der Waals surface area contributed by atoms with E-state index in [9.17, 15) is 0 Å². The smallest absolute Gasteiger partial charge is 0.0450 e. The van der Waals surface area contributed by atoms with Crippen molar-refractivity contribution in [3.05, 3.63) is 180 Å². The molecule has 0 fully saturated rings. The van der Waals surface area contributed by atoms with E-state index in [0.29, 0.717) is 0 Å². The summed E-state index contributed by atoms with van der Waals surface area (Å²) in [6, 6.07) is 59.0. The van der Waals surface area contributed by atoms with Gasteiger partial charge < -0.3 is 4.90 Å². The Balaban J connectivity index is 1.30. The van der Waals surface area contributed by atoms with Gasteiger partial charge in [-0.3, -0.25) is 0 Å². The van der Waals surface area contributed by atoms with Crippen molar-refractivity contribution < 1.29 is 0 Å². The summed E-state index contributed by atoms with van der Waals surface area (Å²) in [5, 5.41) is 5.13. The minimum atomic E-state index is -0.0730. The number of nitrogens with zero attached hydrogens (tertiary/aromatic N) is 1. The molecule has 1 nitrogen and oxygen atoms in total. The molecule has 0 N–H and O–H groups in total. The molecular weight excluding hydrogens is 603 g/mol. The van der Waals surface area contributed by atoms with Gasteiger partial charge in [0.1, 0.15) is 0 Å². The van der Waals surface area contributed by atoms with E-state index < -0.39 is 0 Å². The molecule has 1 heteroatoms. The van der Waals surface area contributed by atoms with Crippen LogP contribution in [0.5, 0.6) is 0 Å². The maximum atomic E-state index is 2.45. The molecule has 1 aliphatic carbocycles. The number of hydrogen-bond acceptors (Lipinski definition) is 1. The SMILES string of the molecule is CN1c2ccccc2Cc2ccc(-c3c4ccccc4c(-c4cccc5c4-c4ccccc4C5(C)C)c4cc(-c5ccccc5)ccc34)cc21. The van der Waals surface area contributed by atoms with E-state index in [1.165, 1.54) is 99.7 Å². The van der Waals surface area contributed by atoms with Crippen molar-refractivity contribution in [1.29, 1.82) is 0 Å². The number of benzene rings is 8. The molecule has 50 heavy (non-hydrogen) atoms. The Morgan fingerprint density at radius 3 is 1.92 bits per heavy atom. The molecule has 10 rings (SSSR count). The third-order valence-corrected chi connectivity index (χ3v) is 11.5. The Morgan fingerprint density at radius 1 is 0.420 bits per heavy atom. The molecule has 238 valence electrons. The first-order valence-corrected chi connectivity index (χ1v) is 17.7. The van der Waals surface area contributed by atoms with Crippen LogP contribution in [0.3, 0.4) is 0 Å². The van der Waals surface area contributed by atoms with Gasteiger partial charge in [-0.15, -0.1) is 0 Å². The summed E-state index contributed by atoms with van der Waals surface area (Å²) in [6.45, 7) is 4.75. The first kappa shape index (κ1) is 29.0. The van der Waals surface area contributed by atoms with Crippen molar-refractivity contribution in [1.82, 2.24) is 0 Å². The number of hydrogen-bond donors (Lipinski definition) is 0. The molecule has 2 aliphatic rings. The van der Waals surface area contributed by atoms with E-state index in [-0.39, 0.29) is 5.41 Å². The highest BCUT2D eigenvalue weighted by molar-refractivity contribution is 6.23. The summed E-state index contributed by atoms with van der Waals surface area (Å²) in [7, 11) is 2.21. The van der Waals surface area contributed by atoms with Crippen LogP contribution in [-0.2, 0) is 11.8 Å². The minimum absolute atomic E-state index is 0.0730. The second-order valence-corrected chi connectivity index (χ2v) is 14.5. The minimum Gasteiger partial charge on any atom is -0.344 e. The zero-order valence-electron chi connectivity index (χ0n) is 28.7. The molecule has 0 amide bonds. The van der Waals surface area contributed by atoms with E-state index >= 15 is 0 Å². The summed E-state index contributed by atoms with van der Waals surface area (Å²) in [6.07, 6.45) is 0.952. The lowest BCUT2D eigenvalue weighted by atomic mass is 9.80. The van der Waals surface area contributed by atoms with Crippen LogP contribution in [-0.4, -0.2) is 7.05 Å². The van der Waals surface area contributed by atoms with Crippen molar-refractivity contribution >= 4 is 32.9 Å². The van der Waals surface area contributed by atoms with Crippen LogP contribution in [0.25, 0.3) is 66.1 Å². The van der Waals surface area contributed by atoms with E-state index in [1.54, 1.807) is 0 Å². The first-order valence-electron chi connectivity index (χ1n) is 17.7. The fraction of sp³-hybridized carbons (Fsp3) is 0.102. The molecule has 1 heterocycles. The number of fused-ring (bicyclic) bond motifs is 7. The molecule has 8 aromatic rings. The maximum absolute atomic E-state index is 2.45. The molecule has 0 bridgehead atoms. The van der Waals surface area contributed by atoms with Crippen LogP contribution in [0.4, 0.5) is 11.4 Å². The monoisotopic (exact) mass is 639 g/mol. The van der Waals surface area contributed by atoms with Gasteiger partial charge >= 0.3 is 0 Å². The fourth-order valence-corrected chi connectivity index (χ4v) is 9.06. The lowest BCUT2D eigenvalue weighted by Crippen LogP contribution is -2.18. The molecule has 0 spiro atoms. The highest BCUT2D eigenvalue weighted by Crippen LogP contribution is 2.55. The average molecular weight is 640 g/mol. The van der Waals surface area contributed by atoms with E-state index in [2.05, 4.69) is 184 Å². The Kier molecular flexibility index (Phi) is 6.27. The first-order chi connectivity index (χ1) is 24.5. The molecule has 0 saturated carbocycles. The van der Waals surface area contributed by atoms with Crippen LogP contribution < -0.4 is 4.90 Å². The average Bonchev–Trinajstić information content (AvgIpc) is 3.40.